The monoisotopic (exact) mass is 264 g/mol. The molecule has 0 amide bonds. The molecule has 1 heterocycles. The molecule has 108 valence electrons. The number of nitrogens with one attached hydrogen (secondary N) is 1. The standard InChI is InChI=1S/C16H28N2O/c1-4-5-6-9-18(3)12-16-10-14(13(2)19-16)11-17-15-7-8-15/h10,15,17H,4-9,11-12H2,1-3H3. The first kappa shape index (κ1) is 14.6. The van der Waals surface area contributed by atoms with Crippen LogP contribution in [-0.2, 0) is 13.1 Å². The molecule has 2 rings (SSSR count). The van der Waals surface area contributed by atoms with E-state index in [4.69, 9.17) is 4.42 Å². The Hall–Kier alpha value is -0.800. The van der Waals surface area contributed by atoms with Crippen LogP contribution in [0, 0.1) is 6.92 Å². The van der Waals surface area contributed by atoms with Crippen molar-refractivity contribution in [2.24, 2.45) is 0 Å². The van der Waals surface area contributed by atoms with Gasteiger partial charge >= 0.3 is 0 Å². The van der Waals surface area contributed by atoms with E-state index in [2.05, 4.69) is 37.2 Å². The molecule has 0 aliphatic heterocycles. The summed E-state index contributed by atoms with van der Waals surface area (Å²) in [6, 6.07) is 2.98. The van der Waals surface area contributed by atoms with Gasteiger partial charge in [-0.3, -0.25) is 4.90 Å². The van der Waals surface area contributed by atoms with Gasteiger partial charge in [0.1, 0.15) is 11.5 Å². The Balaban J connectivity index is 1.77. The fourth-order valence-electron chi connectivity index (χ4n) is 2.36. The van der Waals surface area contributed by atoms with Crippen LogP contribution in [0.3, 0.4) is 0 Å². The lowest BCUT2D eigenvalue weighted by Gasteiger charge is -2.14. The van der Waals surface area contributed by atoms with Crippen molar-refractivity contribution in [3.8, 4) is 0 Å². The van der Waals surface area contributed by atoms with Crippen LogP contribution in [-0.4, -0.2) is 24.5 Å². The molecule has 3 nitrogen and oxygen atoms in total. The third-order valence-corrected chi connectivity index (χ3v) is 3.80. The average molecular weight is 264 g/mol. The quantitative estimate of drug-likeness (QED) is 0.692. The Morgan fingerprint density at radius 2 is 2.16 bits per heavy atom. The molecule has 0 spiro atoms. The van der Waals surface area contributed by atoms with Gasteiger partial charge in [-0.1, -0.05) is 19.8 Å². The van der Waals surface area contributed by atoms with E-state index in [1.165, 1.54) is 37.7 Å². The molecule has 3 heteroatoms. The van der Waals surface area contributed by atoms with Gasteiger partial charge < -0.3 is 9.73 Å². The first-order chi connectivity index (χ1) is 9.19. The van der Waals surface area contributed by atoms with Crippen molar-refractivity contribution in [2.75, 3.05) is 13.6 Å². The van der Waals surface area contributed by atoms with Crippen LogP contribution in [0.4, 0.5) is 0 Å². The minimum atomic E-state index is 0.759. The summed E-state index contributed by atoms with van der Waals surface area (Å²) in [6.45, 7) is 7.36. The van der Waals surface area contributed by atoms with Gasteiger partial charge in [-0.05, 0) is 45.8 Å². The molecule has 1 aliphatic carbocycles. The summed E-state index contributed by atoms with van der Waals surface area (Å²) in [7, 11) is 2.18. The van der Waals surface area contributed by atoms with E-state index in [9.17, 15) is 0 Å². The average Bonchev–Trinajstić information content (AvgIpc) is 3.12. The van der Waals surface area contributed by atoms with Gasteiger partial charge in [0.05, 0.1) is 6.54 Å². The fourth-order valence-corrected chi connectivity index (χ4v) is 2.36. The topological polar surface area (TPSA) is 28.4 Å². The van der Waals surface area contributed by atoms with Gasteiger partial charge in [-0.15, -0.1) is 0 Å². The lowest BCUT2D eigenvalue weighted by atomic mass is 10.2. The molecule has 1 aromatic rings. The summed E-state index contributed by atoms with van der Waals surface area (Å²) >= 11 is 0. The van der Waals surface area contributed by atoms with Crippen molar-refractivity contribution in [1.29, 1.82) is 0 Å². The number of unbranched alkanes of at least 4 members (excludes halogenated alkanes) is 2. The smallest absolute Gasteiger partial charge is 0.118 e. The van der Waals surface area contributed by atoms with E-state index in [1.54, 1.807) is 0 Å². The summed E-state index contributed by atoms with van der Waals surface area (Å²) in [5.41, 5.74) is 1.32. The largest absolute Gasteiger partial charge is 0.465 e. The summed E-state index contributed by atoms with van der Waals surface area (Å²) in [4.78, 5) is 2.35. The Bertz CT molecular complexity index is 382. The van der Waals surface area contributed by atoms with Crippen molar-refractivity contribution in [2.45, 2.75) is 65.1 Å². The number of hydrogen-bond donors (Lipinski definition) is 1. The SMILES string of the molecule is CCCCCN(C)Cc1cc(CNC2CC2)c(C)o1. The maximum atomic E-state index is 5.86. The maximum Gasteiger partial charge on any atom is 0.118 e. The summed E-state index contributed by atoms with van der Waals surface area (Å²) in [5.74, 6) is 2.18. The van der Waals surface area contributed by atoms with E-state index in [1.807, 2.05) is 0 Å². The number of aryl methyl sites for hydroxylation is 1. The maximum absolute atomic E-state index is 5.86. The van der Waals surface area contributed by atoms with E-state index >= 15 is 0 Å². The third kappa shape index (κ3) is 5.00. The van der Waals surface area contributed by atoms with E-state index < -0.39 is 0 Å². The molecule has 0 aromatic carbocycles. The second-order valence-corrected chi connectivity index (χ2v) is 5.89. The molecule has 0 radical (unpaired) electrons. The lowest BCUT2D eigenvalue weighted by molar-refractivity contribution is 0.286. The summed E-state index contributed by atoms with van der Waals surface area (Å²) < 4.78 is 5.86. The normalized spacial score (nSPS) is 15.4. The highest BCUT2D eigenvalue weighted by atomic mass is 16.3. The van der Waals surface area contributed by atoms with Gasteiger partial charge in [-0.2, -0.15) is 0 Å². The lowest BCUT2D eigenvalue weighted by Crippen LogP contribution is -2.18. The molecular formula is C16H28N2O. The van der Waals surface area contributed by atoms with Gasteiger partial charge in [0, 0.05) is 18.2 Å². The Morgan fingerprint density at radius 1 is 1.37 bits per heavy atom. The van der Waals surface area contributed by atoms with Gasteiger partial charge in [0.2, 0.25) is 0 Å². The molecule has 1 saturated carbocycles. The Morgan fingerprint density at radius 3 is 2.84 bits per heavy atom. The number of hydrogen-bond acceptors (Lipinski definition) is 3. The van der Waals surface area contributed by atoms with Crippen LogP contribution in [0.5, 0.6) is 0 Å². The number of furan rings is 1. The zero-order valence-corrected chi connectivity index (χ0v) is 12.7. The van der Waals surface area contributed by atoms with Crippen LogP contribution in [0.1, 0.15) is 56.1 Å². The van der Waals surface area contributed by atoms with E-state index in [-0.39, 0.29) is 0 Å². The van der Waals surface area contributed by atoms with E-state index in [0.29, 0.717) is 0 Å². The Kier molecular flexibility index (Phi) is 5.46. The fraction of sp³-hybridized carbons (Fsp3) is 0.750. The molecular weight excluding hydrogens is 236 g/mol. The summed E-state index contributed by atoms with van der Waals surface area (Å²) in [6.07, 6.45) is 6.55. The molecule has 0 unspecified atom stereocenters. The van der Waals surface area contributed by atoms with E-state index in [0.717, 1.165) is 37.2 Å². The molecule has 0 bridgehead atoms. The number of rotatable bonds is 9. The number of nitrogens with zero attached hydrogens (tertiary/aromatic N) is 1. The second-order valence-electron chi connectivity index (χ2n) is 5.89. The van der Waals surface area contributed by atoms with Crippen molar-refractivity contribution >= 4 is 0 Å². The molecule has 1 fully saturated rings. The minimum Gasteiger partial charge on any atom is -0.465 e. The Labute approximate surface area is 117 Å². The minimum absolute atomic E-state index is 0.759. The first-order valence-electron chi connectivity index (χ1n) is 7.69. The van der Waals surface area contributed by atoms with Crippen molar-refractivity contribution in [3.63, 3.8) is 0 Å². The second kappa shape index (κ2) is 7.11. The van der Waals surface area contributed by atoms with Crippen molar-refractivity contribution in [3.05, 3.63) is 23.2 Å². The molecule has 1 aliphatic rings. The van der Waals surface area contributed by atoms with Gasteiger partial charge in [-0.25, -0.2) is 0 Å². The van der Waals surface area contributed by atoms with Crippen LogP contribution >= 0.6 is 0 Å². The zero-order chi connectivity index (χ0) is 13.7. The predicted octanol–water partition coefficient (Wildman–Crippen LogP) is 3.46. The van der Waals surface area contributed by atoms with Crippen molar-refractivity contribution < 1.29 is 4.42 Å². The highest BCUT2D eigenvalue weighted by Gasteiger charge is 2.21. The molecule has 0 atom stereocenters. The molecule has 0 saturated heterocycles. The van der Waals surface area contributed by atoms with Crippen LogP contribution < -0.4 is 5.32 Å². The van der Waals surface area contributed by atoms with Gasteiger partial charge in [0.15, 0.2) is 0 Å². The van der Waals surface area contributed by atoms with Crippen LogP contribution in [0.2, 0.25) is 0 Å². The molecule has 19 heavy (non-hydrogen) atoms. The first-order valence-corrected chi connectivity index (χ1v) is 7.69. The highest BCUT2D eigenvalue weighted by Crippen LogP contribution is 2.21. The van der Waals surface area contributed by atoms with Crippen molar-refractivity contribution in [1.82, 2.24) is 10.2 Å². The van der Waals surface area contributed by atoms with Crippen LogP contribution in [0.25, 0.3) is 0 Å². The molecule has 1 aromatic heterocycles. The third-order valence-electron chi connectivity index (χ3n) is 3.80. The molecule has 1 N–H and O–H groups in total. The zero-order valence-electron chi connectivity index (χ0n) is 12.7. The van der Waals surface area contributed by atoms with Crippen LogP contribution in [0.15, 0.2) is 10.5 Å². The predicted molar refractivity (Wildman–Crippen MR) is 79.2 cm³/mol. The highest BCUT2D eigenvalue weighted by molar-refractivity contribution is 5.21. The van der Waals surface area contributed by atoms with Gasteiger partial charge in [0.25, 0.3) is 0 Å². The summed E-state index contributed by atoms with van der Waals surface area (Å²) in [5, 5.41) is 3.55.